The third kappa shape index (κ3) is 4.22. The van der Waals surface area contributed by atoms with E-state index in [0.29, 0.717) is 24.2 Å². The van der Waals surface area contributed by atoms with Gasteiger partial charge in [0.2, 0.25) is 0 Å². The smallest absolute Gasteiger partial charge is 0.406 e. The third-order valence-corrected chi connectivity index (χ3v) is 5.40. The van der Waals surface area contributed by atoms with E-state index in [1.165, 1.54) is 30.9 Å². The predicted molar refractivity (Wildman–Crippen MR) is 107 cm³/mol. The number of ether oxygens (including phenoxy) is 1. The minimum atomic E-state index is -4.75. The molecule has 0 saturated carbocycles. The second kappa shape index (κ2) is 7.25. The summed E-state index contributed by atoms with van der Waals surface area (Å²) in [5, 5.41) is 0. The molecule has 0 spiro atoms. The first-order chi connectivity index (χ1) is 14.4. The van der Waals surface area contributed by atoms with Gasteiger partial charge in [-0.25, -0.2) is 9.37 Å². The molecule has 1 aromatic heterocycles. The summed E-state index contributed by atoms with van der Waals surface area (Å²) < 4.78 is 57.1. The van der Waals surface area contributed by atoms with E-state index in [0.717, 1.165) is 16.6 Å². The number of likely N-dealkylation sites (tertiary alicyclic amines) is 1. The number of alkyl halides is 4. The standard InChI is InChI=1S/C22H21F4N3O2/c1-21(2,23)20(30)29-10-15(11-29)14-8-17(19-18(9-14)28(3)12-27-19)13-4-6-16(7-5-13)31-22(24,25)26/h4-9,12,15H,10-11H2,1-3H3. The van der Waals surface area contributed by atoms with Crippen molar-refractivity contribution in [1.29, 1.82) is 0 Å². The second-order valence-corrected chi connectivity index (χ2v) is 8.24. The quantitative estimate of drug-likeness (QED) is 0.553. The first kappa shape index (κ1) is 21.1. The topological polar surface area (TPSA) is 47.4 Å². The number of fused-ring (bicyclic) bond motifs is 1. The zero-order valence-corrected chi connectivity index (χ0v) is 17.2. The number of hydrogen-bond acceptors (Lipinski definition) is 3. The van der Waals surface area contributed by atoms with Gasteiger partial charge in [0.15, 0.2) is 5.67 Å². The second-order valence-electron chi connectivity index (χ2n) is 8.24. The number of imidazole rings is 1. The van der Waals surface area contributed by atoms with Gasteiger partial charge in [-0.1, -0.05) is 12.1 Å². The molecule has 4 rings (SSSR count). The van der Waals surface area contributed by atoms with E-state index in [9.17, 15) is 22.4 Å². The number of carbonyl (C=O) groups is 1. The Labute approximate surface area is 176 Å². The van der Waals surface area contributed by atoms with E-state index in [4.69, 9.17) is 0 Å². The van der Waals surface area contributed by atoms with Crippen LogP contribution in [0.3, 0.4) is 0 Å². The number of benzene rings is 2. The van der Waals surface area contributed by atoms with E-state index in [2.05, 4.69) is 9.72 Å². The van der Waals surface area contributed by atoms with Crippen molar-refractivity contribution in [2.24, 2.45) is 7.05 Å². The Morgan fingerprint density at radius 3 is 2.32 bits per heavy atom. The molecular formula is C22H21F4N3O2. The average molecular weight is 435 g/mol. The number of rotatable bonds is 4. The van der Waals surface area contributed by atoms with Crippen molar-refractivity contribution < 1.29 is 27.1 Å². The highest BCUT2D eigenvalue weighted by Gasteiger charge is 2.39. The highest BCUT2D eigenvalue weighted by Crippen LogP contribution is 2.36. The normalized spacial score (nSPS) is 15.3. The van der Waals surface area contributed by atoms with Gasteiger partial charge in [0.1, 0.15) is 5.75 Å². The molecule has 0 radical (unpaired) electrons. The van der Waals surface area contributed by atoms with Crippen molar-refractivity contribution in [3.8, 4) is 16.9 Å². The summed E-state index contributed by atoms with van der Waals surface area (Å²) in [5.41, 5.74) is 2.08. The number of hydrogen-bond donors (Lipinski definition) is 0. The number of aryl methyl sites for hydroxylation is 1. The molecule has 0 atom stereocenters. The summed E-state index contributed by atoms with van der Waals surface area (Å²) in [6.07, 6.45) is -3.08. The molecule has 0 unspecified atom stereocenters. The van der Waals surface area contributed by atoms with Crippen LogP contribution in [-0.2, 0) is 11.8 Å². The number of halogens is 4. The molecular weight excluding hydrogens is 414 g/mol. The molecule has 3 aromatic rings. The van der Waals surface area contributed by atoms with E-state index in [-0.39, 0.29) is 11.7 Å². The zero-order valence-electron chi connectivity index (χ0n) is 17.2. The largest absolute Gasteiger partial charge is 0.573 e. The lowest BCUT2D eigenvalue weighted by molar-refractivity contribution is -0.274. The molecule has 2 heterocycles. The van der Waals surface area contributed by atoms with Gasteiger partial charge in [0, 0.05) is 31.6 Å². The first-order valence-electron chi connectivity index (χ1n) is 9.72. The minimum Gasteiger partial charge on any atom is -0.406 e. The molecule has 0 bridgehead atoms. The van der Waals surface area contributed by atoms with Crippen LogP contribution in [0.25, 0.3) is 22.2 Å². The number of carbonyl (C=O) groups excluding carboxylic acids is 1. The van der Waals surface area contributed by atoms with Crippen LogP contribution in [0.4, 0.5) is 17.6 Å². The maximum atomic E-state index is 13.9. The summed E-state index contributed by atoms with van der Waals surface area (Å²) in [7, 11) is 1.85. The molecule has 1 aliphatic rings. The van der Waals surface area contributed by atoms with Crippen molar-refractivity contribution in [2.45, 2.75) is 31.8 Å². The van der Waals surface area contributed by atoms with Crippen LogP contribution in [0.15, 0.2) is 42.7 Å². The fourth-order valence-electron chi connectivity index (χ4n) is 3.78. The lowest BCUT2D eigenvalue weighted by atomic mass is 9.87. The Kier molecular flexibility index (Phi) is 4.94. The number of aromatic nitrogens is 2. The highest BCUT2D eigenvalue weighted by atomic mass is 19.4. The van der Waals surface area contributed by atoms with Gasteiger partial charge in [-0.2, -0.15) is 0 Å². The molecule has 5 nitrogen and oxygen atoms in total. The Hall–Kier alpha value is -3.10. The lowest BCUT2D eigenvalue weighted by Gasteiger charge is -2.41. The van der Waals surface area contributed by atoms with Crippen LogP contribution in [-0.4, -0.2) is 45.5 Å². The molecule has 1 amide bonds. The van der Waals surface area contributed by atoms with Crippen LogP contribution in [0.1, 0.15) is 25.3 Å². The molecule has 0 aliphatic carbocycles. The highest BCUT2D eigenvalue weighted by molar-refractivity contribution is 5.93. The lowest BCUT2D eigenvalue weighted by Crippen LogP contribution is -2.53. The Bertz CT molecular complexity index is 1120. The van der Waals surface area contributed by atoms with Crippen LogP contribution >= 0.6 is 0 Å². The molecule has 9 heteroatoms. The first-order valence-corrected chi connectivity index (χ1v) is 9.72. The maximum absolute atomic E-state index is 13.9. The number of nitrogens with zero attached hydrogens (tertiary/aromatic N) is 3. The van der Waals surface area contributed by atoms with Crippen molar-refractivity contribution in [1.82, 2.24) is 14.5 Å². The van der Waals surface area contributed by atoms with Gasteiger partial charge >= 0.3 is 6.36 Å². The van der Waals surface area contributed by atoms with Crippen molar-refractivity contribution in [2.75, 3.05) is 13.1 Å². The Morgan fingerprint density at radius 2 is 1.74 bits per heavy atom. The number of amides is 1. The van der Waals surface area contributed by atoms with Crippen molar-refractivity contribution in [3.63, 3.8) is 0 Å². The molecule has 1 fully saturated rings. The average Bonchev–Trinajstić information content (AvgIpc) is 3.00. The Balaban J connectivity index is 1.65. The van der Waals surface area contributed by atoms with Crippen LogP contribution in [0.2, 0.25) is 0 Å². The fourth-order valence-corrected chi connectivity index (χ4v) is 3.78. The van der Waals surface area contributed by atoms with Gasteiger partial charge in [-0.05, 0) is 49.2 Å². The third-order valence-electron chi connectivity index (χ3n) is 5.40. The van der Waals surface area contributed by atoms with Crippen LogP contribution in [0, 0.1) is 0 Å². The summed E-state index contributed by atoms with van der Waals surface area (Å²) in [4.78, 5) is 18.0. The molecule has 164 valence electrons. The van der Waals surface area contributed by atoms with Gasteiger partial charge in [-0.3, -0.25) is 4.79 Å². The molecule has 2 aromatic carbocycles. The maximum Gasteiger partial charge on any atom is 0.573 e. The van der Waals surface area contributed by atoms with Gasteiger partial charge in [0.05, 0.1) is 17.4 Å². The Morgan fingerprint density at radius 1 is 1.10 bits per heavy atom. The van der Waals surface area contributed by atoms with Crippen LogP contribution < -0.4 is 4.74 Å². The van der Waals surface area contributed by atoms with E-state index >= 15 is 0 Å². The van der Waals surface area contributed by atoms with Crippen molar-refractivity contribution in [3.05, 3.63) is 48.3 Å². The van der Waals surface area contributed by atoms with E-state index in [1.807, 2.05) is 23.7 Å². The van der Waals surface area contributed by atoms with Crippen molar-refractivity contribution >= 4 is 16.9 Å². The molecule has 1 saturated heterocycles. The van der Waals surface area contributed by atoms with Crippen LogP contribution in [0.5, 0.6) is 5.75 Å². The van der Waals surface area contributed by atoms with Gasteiger partial charge in [0.25, 0.3) is 5.91 Å². The zero-order chi connectivity index (χ0) is 22.6. The minimum absolute atomic E-state index is 0.0391. The van der Waals surface area contributed by atoms with Gasteiger partial charge in [-0.15, -0.1) is 13.2 Å². The summed E-state index contributed by atoms with van der Waals surface area (Å²) in [6.45, 7) is 3.31. The SMILES string of the molecule is Cn1cnc2c(-c3ccc(OC(F)(F)F)cc3)cc(C3CN(C(=O)C(C)(C)F)C3)cc21. The summed E-state index contributed by atoms with van der Waals surface area (Å²) in [5.74, 6) is -0.797. The monoisotopic (exact) mass is 435 g/mol. The van der Waals surface area contributed by atoms with Gasteiger partial charge < -0.3 is 14.2 Å². The van der Waals surface area contributed by atoms with E-state index in [1.54, 1.807) is 18.5 Å². The predicted octanol–water partition coefficient (Wildman–Crippen LogP) is 4.81. The summed E-state index contributed by atoms with van der Waals surface area (Å²) in [6, 6.07) is 9.55. The van der Waals surface area contributed by atoms with E-state index < -0.39 is 17.9 Å². The summed E-state index contributed by atoms with van der Waals surface area (Å²) >= 11 is 0. The molecule has 31 heavy (non-hydrogen) atoms. The molecule has 1 aliphatic heterocycles. The molecule has 0 N–H and O–H groups in total. The fraction of sp³-hybridized carbons (Fsp3) is 0.364.